The summed E-state index contributed by atoms with van der Waals surface area (Å²) in [4.78, 5) is 4.45. The highest BCUT2D eigenvalue weighted by Gasteiger charge is 2.14. The SMILES string of the molecule is CC(C)Oc1ccc(-c2nc(-c3ccc4occc4c3)no2)cc1C#N. The molecule has 4 rings (SSSR count). The first-order valence-electron chi connectivity index (χ1n) is 8.16. The number of hydrogen-bond acceptors (Lipinski definition) is 6. The molecule has 0 N–H and O–H groups in total. The van der Waals surface area contributed by atoms with E-state index in [1.165, 1.54) is 0 Å². The van der Waals surface area contributed by atoms with Gasteiger partial charge in [-0.05, 0) is 56.3 Å². The van der Waals surface area contributed by atoms with Crippen LogP contribution in [-0.2, 0) is 0 Å². The molecule has 0 aliphatic carbocycles. The molecule has 0 saturated heterocycles. The van der Waals surface area contributed by atoms with Gasteiger partial charge in [-0.25, -0.2) is 0 Å². The predicted octanol–water partition coefficient (Wildman–Crippen LogP) is 4.81. The molecule has 4 aromatic rings. The number of aromatic nitrogens is 2. The monoisotopic (exact) mass is 345 g/mol. The van der Waals surface area contributed by atoms with Crippen LogP contribution in [0.4, 0.5) is 0 Å². The molecule has 0 spiro atoms. The van der Waals surface area contributed by atoms with E-state index < -0.39 is 0 Å². The van der Waals surface area contributed by atoms with Crippen LogP contribution in [0.5, 0.6) is 5.75 Å². The van der Waals surface area contributed by atoms with E-state index in [0.29, 0.717) is 28.6 Å². The van der Waals surface area contributed by atoms with E-state index in [9.17, 15) is 5.26 Å². The van der Waals surface area contributed by atoms with E-state index >= 15 is 0 Å². The van der Waals surface area contributed by atoms with Crippen molar-refractivity contribution in [3.8, 4) is 34.7 Å². The van der Waals surface area contributed by atoms with E-state index in [-0.39, 0.29) is 6.10 Å². The van der Waals surface area contributed by atoms with Gasteiger partial charge in [0.05, 0.1) is 17.9 Å². The van der Waals surface area contributed by atoms with Gasteiger partial charge in [-0.1, -0.05) is 5.16 Å². The first-order chi connectivity index (χ1) is 12.6. The molecule has 0 radical (unpaired) electrons. The number of benzene rings is 2. The van der Waals surface area contributed by atoms with Crippen LogP contribution >= 0.6 is 0 Å². The van der Waals surface area contributed by atoms with E-state index in [0.717, 1.165) is 16.5 Å². The smallest absolute Gasteiger partial charge is 0.258 e. The molecule has 6 nitrogen and oxygen atoms in total. The zero-order chi connectivity index (χ0) is 18.1. The quantitative estimate of drug-likeness (QED) is 0.528. The molecule has 6 heteroatoms. The Morgan fingerprint density at radius 3 is 2.73 bits per heavy atom. The van der Waals surface area contributed by atoms with Crippen LogP contribution in [0, 0.1) is 11.3 Å². The molecule has 0 atom stereocenters. The Bertz CT molecular complexity index is 1120. The Balaban J connectivity index is 1.68. The summed E-state index contributed by atoms with van der Waals surface area (Å²) in [6.07, 6.45) is 1.63. The van der Waals surface area contributed by atoms with Crippen LogP contribution in [-0.4, -0.2) is 16.2 Å². The number of ether oxygens (including phenoxy) is 1. The molecule has 0 fully saturated rings. The lowest BCUT2D eigenvalue weighted by Gasteiger charge is -2.11. The molecule has 0 amide bonds. The highest BCUT2D eigenvalue weighted by molar-refractivity contribution is 5.82. The van der Waals surface area contributed by atoms with Crippen molar-refractivity contribution in [3.63, 3.8) is 0 Å². The van der Waals surface area contributed by atoms with Crippen molar-refractivity contribution in [1.29, 1.82) is 5.26 Å². The van der Waals surface area contributed by atoms with Gasteiger partial charge >= 0.3 is 0 Å². The Hall–Kier alpha value is -3.59. The van der Waals surface area contributed by atoms with Gasteiger partial charge in [0.25, 0.3) is 5.89 Å². The molecule has 0 aliphatic heterocycles. The lowest BCUT2D eigenvalue weighted by atomic mass is 10.1. The highest BCUT2D eigenvalue weighted by atomic mass is 16.5. The normalized spacial score (nSPS) is 11.0. The number of furan rings is 1. The third-order valence-corrected chi connectivity index (χ3v) is 3.85. The summed E-state index contributed by atoms with van der Waals surface area (Å²) in [5.74, 6) is 1.36. The third kappa shape index (κ3) is 2.91. The summed E-state index contributed by atoms with van der Waals surface area (Å²) in [6.45, 7) is 3.83. The topological polar surface area (TPSA) is 85.1 Å². The van der Waals surface area contributed by atoms with Crippen molar-refractivity contribution in [2.45, 2.75) is 20.0 Å². The molecule has 0 saturated carbocycles. The maximum absolute atomic E-state index is 9.36. The molecule has 2 heterocycles. The fraction of sp³-hybridized carbons (Fsp3) is 0.150. The Kier molecular flexibility index (Phi) is 3.90. The van der Waals surface area contributed by atoms with Gasteiger partial charge < -0.3 is 13.7 Å². The maximum atomic E-state index is 9.36. The number of nitriles is 1. The summed E-state index contributed by atoms with van der Waals surface area (Å²) in [5.41, 5.74) is 2.72. The van der Waals surface area contributed by atoms with Gasteiger partial charge in [-0.15, -0.1) is 0 Å². The van der Waals surface area contributed by atoms with Crippen LogP contribution in [0.2, 0.25) is 0 Å². The predicted molar refractivity (Wildman–Crippen MR) is 95.4 cm³/mol. The zero-order valence-electron chi connectivity index (χ0n) is 14.3. The molecule has 2 aromatic heterocycles. The van der Waals surface area contributed by atoms with E-state index in [2.05, 4.69) is 16.2 Å². The molecule has 0 aliphatic rings. The number of fused-ring (bicyclic) bond motifs is 1. The molecule has 2 aromatic carbocycles. The lowest BCUT2D eigenvalue weighted by Crippen LogP contribution is -2.06. The van der Waals surface area contributed by atoms with E-state index in [1.807, 2.05) is 38.1 Å². The van der Waals surface area contributed by atoms with Crippen LogP contribution in [0.1, 0.15) is 19.4 Å². The van der Waals surface area contributed by atoms with Crippen molar-refractivity contribution < 1.29 is 13.7 Å². The first-order valence-corrected chi connectivity index (χ1v) is 8.16. The largest absolute Gasteiger partial charge is 0.490 e. The molecule has 0 unspecified atom stereocenters. The van der Waals surface area contributed by atoms with Crippen LogP contribution in [0.15, 0.2) is 57.7 Å². The first kappa shape index (κ1) is 15.9. The van der Waals surface area contributed by atoms with Crippen molar-refractivity contribution in [3.05, 3.63) is 54.3 Å². The molecule has 128 valence electrons. The van der Waals surface area contributed by atoms with Crippen molar-refractivity contribution in [2.24, 2.45) is 0 Å². The van der Waals surface area contributed by atoms with Gasteiger partial charge in [0.15, 0.2) is 0 Å². The molecular formula is C20H15N3O3. The minimum absolute atomic E-state index is 0.0132. The maximum Gasteiger partial charge on any atom is 0.258 e. The Morgan fingerprint density at radius 1 is 1.08 bits per heavy atom. The number of nitrogens with zero attached hydrogens (tertiary/aromatic N) is 3. The van der Waals surface area contributed by atoms with Gasteiger partial charge in [0, 0.05) is 16.5 Å². The fourth-order valence-corrected chi connectivity index (χ4v) is 2.67. The van der Waals surface area contributed by atoms with Crippen LogP contribution in [0.3, 0.4) is 0 Å². The van der Waals surface area contributed by atoms with E-state index in [4.69, 9.17) is 13.7 Å². The lowest BCUT2D eigenvalue weighted by molar-refractivity contribution is 0.242. The summed E-state index contributed by atoms with van der Waals surface area (Å²) >= 11 is 0. The zero-order valence-corrected chi connectivity index (χ0v) is 14.3. The Morgan fingerprint density at radius 2 is 1.92 bits per heavy atom. The molecule has 26 heavy (non-hydrogen) atoms. The van der Waals surface area contributed by atoms with Crippen LogP contribution in [0.25, 0.3) is 33.8 Å². The standard InChI is InChI=1S/C20H15N3O3/c1-12(2)25-18-6-4-15(10-16(18)11-21)20-22-19(23-26-20)14-3-5-17-13(9-14)7-8-24-17/h3-10,12H,1-2H3. The summed E-state index contributed by atoms with van der Waals surface area (Å²) in [7, 11) is 0. The second-order valence-corrected chi connectivity index (χ2v) is 6.09. The second-order valence-electron chi connectivity index (χ2n) is 6.09. The minimum atomic E-state index is -0.0132. The molecule has 0 bridgehead atoms. The highest BCUT2D eigenvalue weighted by Crippen LogP contribution is 2.29. The van der Waals surface area contributed by atoms with E-state index in [1.54, 1.807) is 24.5 Å². The average Bonchev–Trinajstić information content (AvgIpc) is 3.30. The summed E-state index contributed by atoms with van der Waals surface area (Å²) < 4.78 is 16.4. The third-order valence-electron chi connectivity index (χ3n) is 3.85. The summed E-state index contributed by atoms with van der Waals surface area (Å²) in [6, 6.07) is 14.9. The van der Waals surface area contributed by atoms with Crippen molar-refractivity contribution >= 4 is 11.0 Å². The van der Waals surface area contributed by atoms with Gasteiger partial charge in [0.2, 0.25) is 5.82 Å². The van der Waals surface area contributed by atoms with Gasteiger partial charge in [-0.2, -0.15) is 10.2 Å². The van der Waals surface area contributed by atoms with Gasteiger partial charge in [0.1, 0.15) is 17.4 Å². The Labute approximate surface area is 149 Å². The fourth-order valence-electron chi connectivity index (χ4n) is 2.67. The average molecular weight is 345 g/mol. The minimum Gasteiger partial charge on any atom is -0.490 e. The summed E-state index contributed by atoms with van der Waals surface area (Å²) in [5, 5.41) is 14.4. The number of rotatable bonds is 4. The van der Waals surface area contributed by atoms with Crippen molar-refractivity contribution in [1.82, 2.24) is 10.1 Å². The van der Waals surface area contributed by atoms with Crippen molar-refractivity contribution in [2.75, 3.05) is 0 Å². The van der Waals surface area contributed by atoms with Crippen LogP contribution < -0.4 is 4.74 Å². The van der Waals surface area contributed by atoms with Gasteiger partial charge in [-0.3, -0.25) is 0 Å². The molecular weight excluding hydrogens is 330 g/mol. The number of hydrogen-bond donors (Lipinski definition) is 0. The second kappa shape index (κ2) is 6.37.